The Hall–Kier alpha value is -1.14. The van der Waals surface area contributed by atoms with Gasteiger partial charge < -0.3 is 9.47 Å². The fourth-order valence-electron chi connectivity index (χ4n) is 1.34. The van der Waals surface area contributed by atoms with Crippen LogP contribution in [-0.2, 0) is 19.1 Å². The highest BCUT2D eigenvalue weighted by Crippen LogP contribution is 2.03. The molecule has 0 aliphatic heterocycles. The number of nitrogens with one attached hydrogen (secondary N) is 1. The van der Waals surface area contributed by atoms with Gasteiger partial charge in [0.25, 0.3) is 0 Å². The standard InChI is InChI=1S/C11H18ClNO5/c1-4-6-8(10(15)17-5-2)13-7(3)9(14)18-11(12)16/h7-8,13H,4-6H2,1-3H3/t7-,8?/m0/s1. The van der Waals surface area contributed by atoms with E-state index in [2.05, 4.69) is 10.1 Å². The molecule has 0 aliphatic carbocycles. The summed E-state index contributed by atoms with van der Waals surface area (Å²) in [4.78, 5) is 33.3. The Morgan fingerprint density at radius 1 is 1.22 bits per heavy atom. The van der Waals surface area contributed by atoms with Crippen molar-refractivity contribution >= 4 is 29.0 Å². The molecule has 0 saturated heterocycles. The zero-order valence-electron chi connectivity index (χ0n) is 10.7. The van der Waals surface area contributed by atoms with Crippen molar-refractivity contribution in [3.63, 3.8) is 0 Å². The van der Waals surface area contributed by atoms with Gasteiger partial charge >= 0.3 is 17.4 Å². The number of hydrogen-bond acceptors (Lipinski definition) is 6. The molecule has 1 N–H and O–H groups in total. The molecule has 0 aliphatic rings. The van der Waals surface area contributed by atoms with Gasteiger partial charge in [-0.2, -0.15) is 0 Å². The van der Waals surface area contributed by atoms with Crippen LogP contribution in [0.2, 0.25) is 0 Å². The number of halogens is 1. The van der Waals surface area contributed by atoms with Gasteiger partial charge in [-0.1, -0.05) is 13.3 Å². The van der Waals surface area contributed by atoms with E-state index in [0.29, 0.717) is 6.42 Å². The second-order valence-electron chi connectivity index (χ2n) is 3.64. The molecule has 6 nitrogen and oxygen atoms in total. The van der Waals surface area contributed by atoms with Crippen LogP contribution >= 0.6 is 11.6 Å². The lowest BCUT2D eigenvalue weighted by molar-refractivity contribution is -0.147. The molecule has 0 aromatic heterocycles. The van der Waals surface area contributed by atoms with Crippen molar-refractivity contribution in [1.82, 2.24) is 5.32 Å². The summed E-state index contributed by atoms with van der Waals surface area (Å²) >= 11 is 4.93. The smallest absolute Gasteiger partial charge is 0.411 e. The minimum atomic E-state index is -1.20. The first kappa shape index (κ1) is 16.9. The molecule has 0 rings (SSSR count). The van der Waals surface area contributed by atoms with Crippen LogP contribution in [0.4, 0.5) is 4.79 Å². The predicted molar refractivity (Wildman–Crippen MR) is 65.3 cm³/mol. The number of esters is 2. The van der Waals surface area contributed by atoms with Gasteiger partial charge in [0.15, 0.2) is 0 Å². The molecule has 0 radical (unpaired) electrons. The molecule has 7 heteroatoms. The molecular weight excluding hydrogens is 262 g/mol. The van der Waals surface area contributed by atoms with Gasteiger partial charge in [0.2, 0.25) is 0 Å². The summed E-state index contributed by atoms with van der Waals surface area (Å²) in [6.45, 7) is 5.34. The summed E-state index contributed by atoms with van der Waals surface area (Å²) in [5, 5.41) is 2.75. The molecule has 104 valence electrons. The summed E-state index contributed by atoms with van der Waals surface area (Å²) in [5.41, 5.74) is -1.20. The van der Waals surface area contributed by atoms with Crippen molar-refractivity contribution in [3.05, 3.63) is 0 Å². The Kier molecular flexibility index (Phi) is 8.32. The molecule has 0 fully saturated rings. The number of carbonyl (C=O) groups excluding carboxylic acids is 3. The van der Waals surface area contributed by atoms with Crippen LogP contribution in [0.25, 0.3) is 0 Å². The summed E-state index contributed by atoms with van der Waals surface area (Å²) in [6, 6.07) is -1.43. The second kappa shape index (κ2) is 8.88. The highest BCUT2D eigenvalue weighted by atomic mass is 35.5. The van der Waals surface area contributed by atoms with Crippen LogP contribution in [0.3, 0.4) is 0 Å². The third-order valence-electron chi connectivity index (χ3n) is 2.13. The third kappa shape index (κ3) is 6.56. The summed E-state index contributed by atoms with van der Waals surface area (Å²) < 4.78 is 9.08. The van der Waals surface area contributed by atoms with Gasteiger partial charge in [0.1, 0.15) is 12.1 Å². The Morgan fingerprint density at radius 2 is 1.83 bits per heavy atom. The highest BCUT2D eigenvalue weighted by Gasteiger charge is 2.25. The maximum atomic E-state index is 11.6. The number of hydrogen-bond donors (Lipinski definition) is 1. The van der Waals surface area contributed by atoms with E-state index in [-0.39, 0.29) is 6.61 Å². The van der Waals surface area contributed by atoms with E-state index >= 15 is 0 Å². The average molecular weight is 280 g/mol. The zero-order chi connectivity index (χ0) is 14.1. The molecule has 0 aromatic carbocycles. The monoisotopic (exact) mass is 279 g/mol. The lowest BCUT2D eigenvalue weighted by Gasteiger charge is -2.19. The van der Waals surface area contributed by atoms with Crippen molar-refractivity contribution < 1.29 is 23.9 Å². The molecule has 0 bridgehead atoms. The zero-order valence-corrected chi connectivity index (χ0v) is 11.5. The van der Waals surface area contributed by atoms with Gasteiger partial charge in [-0.3, -0.25) is 10.1 Å². The predicted octanol–water partition coefficient (Wildman–Crippen LogP) is 1.60. The van der Waals surface area contributed by atoms with E-state index in [4.69, 9.17) is 16.3 Å². The molecular formula is C11H18ClNO5. The van der Waals surface area contributed by atoms with Crippen molar-refractivity contribution in [2.45, 2.75) is 45.7 Å². The van der Waals surface area contributed by atoms with E-state index in [9.17, 15) is 14.4 Å². The van der Waals surface area contributed by atoms with Gasteiger partial charge in [0.05, 0.1) is 6.61 Å². The first-order chi connectivity index (χ1) is 8.42. The van der Waals surface area contributed by atoms with E-state index < -0.39 is 29.5 Å². The van der Waals surface area contributed by atoms with Gasteiger partial charge in [-0.15, -0.1) is 0 Å². The quantitative estimate of drug-likeness (QED) is 0.433. The van der Waals surface area contributed by atoms with Gasteiger partial charge in [-0.25, -0.2) is 9.59 Å². The second-order valence-corrected chi connectivity index (χ2v) is 3.95. The fourth-order valence-corrected chi connectivity index (χ4v) is 1.41. The summed E-state index contributed by atoms with van der Waals surface area (Å²) in [5.74, 6) is -1.27. The van der Waals surface area contributed by atoms with Gasteiger partial charge in [-0.05, 0) is 20.3 Å². The minimum absolute atomic E-state index is 0.264. The number of rotatable bonds is 7. The van der Waals surface area contributed by atoms with E-state index in [1.807, 2.05) is 6.92 Å². The molecule has 0 amide bonds. The Morgan fingerprint density at radius 3 is 2.28 bits per heavy atom. The molecule has 0 saturated carbocycles. The fraction of sp³-hybridized carbons (Fsp3) is 0.727. The lowest BCUT2D eigenvalue weighted by atomic mass is 10.1. The van der Waals surface area contributed by atoms with Crippen molar-refractivity contribution in [1.29, 1.82) is 0 Å². The SMILES string of the molecule is CCCC(N[C@@H](C)C(=O)OC(=O)Cl)C(=O)OCC. The molecule has 1 unspecified atom stereocenters. The summed E-state index contributed by atoms with van der Waals surface area (Å²) in [7, 11) is 0. The number of ether oxygens (including phenoxy) is 2. The molecule has 0 aromatic rings. The Bertz CT molecular complexity index is 308. The first-order valence-electron chi connectivity index (χ1n) is 5.76. The van der Waals surface area contributed by atoms with Crippen LogP contribution in [0.15, 0.2) is 0 Å². The molecule has 0 spiro atoms. The molecule has 18 heavy (non-hydrogen) atoms. The van der Waals surface area contributed by atoms with Crippen LogP contribution in [-0.4, -0.2) is 36.1 Å². The minimum Gasteiger partial charge on any atom is -0.465 e. The Labute approximate surface area is 111 Å². The van der Waals surface area contributed by atoms with E-state index in [1.54, 1.807) is 6.92 Å². The lowest BCUT2D eigenvalue weighted by Crippen LogP contribution is -2.47. The van der Waals surface area contributed by atoms with Crippen molar-refractivity contribution in [2.24, 2.45) is 0 Å². The van der Waals surface area contributed by atoms with Crippen molar-refractivity contribution in [3.8, 4) is 0 Å². The van der Waals surface area contributed by atoms with Crippen LogP contribution in [0.5, 0.6) is 0 Å². The first-order valence-corrected chi connectivity index (χ1v) is 6.13. The maximum Gasteiger partial charge on any atom is 0.411 e. The van der Waals surface area contributed by atoms with E-state index in [0.717, 1.165) is 6.42 Å². The molecule has 0 heterocycles. The third-order valence-corrected chi connectivity index (χ3v) is 2.21. The topological polar surface area (TPSA) is 81.7 Å². The highest BCUT2D eigenvalue weighted by molar-refractivity contribution is 6.61. The molecule has 2 atom stereocenters. The average Bonchev–Trinajstić information content (AvgIpc) is 2.27. The largest absolute Gasteiger partial charge is 0.465 e. The summed E-state index contributed by atoms with van der Waals surface area (Å²) in [6.07, 6.45) is 1.26. The normalized spacial score (nSPS) is 13.6. The Balaban J connectivity index is 4.43. The van der Waals surface area contributed by atoms with Crippen LogP contribution < -0.4 is 5.32 Å². The van der Waals surface area contributed by atoms with Crippen LogP contribution in [0, 0.1) is 0 Å². The van der Waals surface area contributed by atoms with Crippen molar-refractivity contribution in [2.75, 3.05) is 6.61 Å². The number of carbonyl (C=O) groups is 3. The van der Waals surface area contributed by atoms with E-state index in [1.165, 1.54) is 6.92 Å². The van der Waals surface area contributed by atoms with Gasteiger partial charge in [0, 0.05) is 11.6 Å². The maximum absolute atomic E-state index is 11.6. The van der Waals surface area contributed by atoms with Crippen LogP contribution in [0.1, 0.15) is 33.6 Å².